The number of benzene rings is 1. The number of ether oxygens (including phenoxy) is 1. The number of nitrogens with zero attached hydrogens (tertiary/aromatic N) is 3. The molecule has 0 fully saturated rings. The predicted molar refractivity (Wildman–Crippen MR) is 115 cm³/mol. The number of carbonyl (C=O) groups is 1. The van der Waals surface area contributed by atoms with E-state index in [9.17, 15) is 4.79 Å². The fourth-order valence-corrected chi connectivity index (χ4v) is 5.09. The molecule has 1 amide bonds. The Morgan fingerprint density at radius 1 is 1.15 bits per heavy atom. The Balaban J connectivity index is 1.54. The van der Waals surface area contributed by atoms with Crippen LogP contribution in [0.1, 0.15) is 29.9 Å². The number of fused-ring (bicyclic) bond motifs is 1. The first-order valence-corrected chi connectivity index (χ1v) is 10.8. The summed E-state index contributed by atoms with van der Waals surface area (Å²) >= 11 is 3.14. The number of anilines is 1. The maximum absolute atomic E-state index is 12.7. The molecule has 0 spiro atoms. The third-order valence-electron chi connectivity index (χ3n) is 4.32. The lowest BCUT2D eigenvalue weighted by atomic mass is 10.3. The van der Waals surface area contributed by atoms with E-state index in [1.54, 1.807) is 16.2 Å². The van der Waals surface area contributed by atoms with E-state index in [1.165, 1.54) is 11.3 Å². The molecule has 0 aliphatic carbocycles. The first-order valence-electron chi connectivity index (χ1n) is 9.21. The average Bonchev–Trinajstić information content (AvgIpc) is 3.25. The van der Waals surface area contributed by atoms with Crippen molar-refractivity contribution < 1.29 is 9.53 Å². The normalized spacial score (nSPS) is 10.9. The van der Waals surface area contributed by atoms with Gasteiger partial charge in [-0.1, -0.05) is 29.5 Å². The second-order valence-electron chi connectivity index (χ2n) is 6.19. The Kier molecular flexibility index (Phi) is 6.68. The van der Waals surface area contributed by atoms with Crippen molar-refractivity contribution in [1.29, 1.82) is 0 Å². The summed E-state index contributed by atoms with van der Waals surface area (Å²) < 4.78 is 6.77. The quantitative estimate of drug-likeness (QED) is 0.484. The average molecular weight is 404 g/mol. The van der Waals surface area contributed by atoms with Crippen molar-refractivity contribution in [2.45, 2.75) is 20.3 Å². The standard InChI is InChI=1S/C20H25N3O2S2/c1-4-23(5-2)20-21-18-16(27-20)14-17(26-18)19(24)22(3)12-9-13-25-15-10-7-6-8-11-15/h6-8,10-11,14H,4-5,9,12-13H2,1-3H3. The fraction of sp³-hybridized carbons (Fsp3) is 0.400. The van der Waals surface area contributed by atoms with Crippen LogP contribution in [0.4, 0.5) is 5.13 Å². The SMILES string of the molecule is CCN(CC)c1nc2sc(C(=O)N(C)CCCOc3ccccc3)cc2s1. The lowest BCUT2D eigenvalue weighted by Gasteiger charge is -2.17. The highest BCUT2D eigenvalue weighted by Gasteiger charge is 2.18. The Morgan fingerprint density at radius 3 is 2.56 bits per heavy atom. The van der Waals surface area contributed by atoms with Crippen LogP contribution in [0.15, 0.2) is 36.4 Å². The highest BCUT2D eigenvalue weighted by Crippen LogP contribution is 2.35. The van der Waals surface area contributed by atoms with Gasteiger partial charge in [-0.25, -0.2) is 4.98 Å². The molecular weight excluding hydrogens is 378 g/mol. The number of carbonyl (C=O) groups excluding carboxylic acids is 1. The Morgan fingerprint density at radius 2 is 1.89 bits per heavy atom. The van der Waals surface area contributed by atoms with Crippen molar-refractivity contribution in [2.24, 2.45) is 0 Å². The van der Waals surface area contributed by atoms with Crippen LogP contribution >= 0.6 is 22.7 Å². The van der Waals surface area contributed by atoms with Gasteiger partial charge in [0.25, 0.3) is 5.91 Å². The molecule has 0 radical (unpaired) electrons. The van der Waals surface area contributed by atoms with Crippen LogP contribution in [0.3, 0.4) is 0 Å². The molecule has 1 aromatic carbocycles. The van der Waals surface area contributed by atoms with E-state index in [2.05, 4.69) is 18.7 Å². The van der Waals surface area contributed by atoms with Crippen molar-refractivity contribution in [3.8, 4) is 5.75 Å². The molecule has 3 aromatic rings. The zero-order chi connectivity index (χ0) is 19.2. The molecule has 7 heteroatoms. The molecule has 27 heavy (non-hydrogen) atoms. The Bertz CT molecular complexity index is 840. The van der Waals surface area contributed by atoms with Crippen LogP contribution in [0, 0.1) is 0 Å². The summed E-state index contributed by atoms with van der Waals surface area (Å²) in [4.78, 5) is 23.1. The van der Waals surface area contributed by atoms with Crippen LogP contribution in [0.5, 0.6) is 5.75 Å². The Hall–Kier alpha value is -2.12. The smallest absolute Gasteiger partial charge is 0.263 e. The van der Waals surface area contributed by atoms with Crippen molar-refractivity contribution in [1.82, 2.24) is 9.88 Å². The minimum absolute atomic E-state index is 0.0503. The highest BCUT2D eigenvalue weighted by molar-refractivity contribution is 7.29. The molecular formula is C20H25N3O2S2. The van der Waals surface area contributed by atoms with Gasteiger partial charge in [0, 0.05) is 26.7 Å². The number of para-hydroxylation sites is 1. The van der Waals surface area contributed by atoms with E-state index >= 15 is 0 Å². The first-order chi connectivity index (χ1) is 13.1. The van der Waals surface area contributed by atoms with E-state index in [0.29, 0.717) is 13.2 Å². The van der Waals surface area contributed by atoms with Gasteiger partial charge in [0.05, 0.1) is 16.2 Å². The molecule has 0 bridgehead atoms. The molecule has 0 saturated heterocycles. The van der Waals surface area contributed by atoms with Crippen molar-refractivity contribution in [3.63, 3.8) is 0 Å². The van der Waals surface area contributed by atoms with Gasteiger partial charge in [0.15, 0.2) is 5.13 Å². The summed E-state index contributed by atoms with van der Waals surface area (Å²) in [5, 5.41) is 1.03. The molecule has 0 unspecified atom stereocenters. The lowest BCUT2D eigenvalue weighted by molar-refractivity contribution is 0.0792. The van der Waals surface area contributed by atoms with Crippen LogP contribution < -0.4 is 9.64 Å². The molecule has 5 nitrogen and oxygen atoms in total. The summed E-state index contributed by atoms with van der Waals surface area (Å²) in [7, 11) is 1.84. The van der Waals surface area contributed by atoms with Gasteiger partial charge in [-0.15, -0.1) is 11.3 Å². The molecule has 0 atom stereocenters. The monoisotopic (exact) mass is 403 g/mol. The van der Waals surface area contributed by atoms with E-state index in [-0.39, 0.29) is 5.91 Å². The largest absolute Gasteiger partial charge is 0.494 e. The second-order valence-corrected chi connectivity index (χ2v) is 8.23. The van der Waals surface area contributed by atoms with Gasteiger partial charge >= 0.3 is 0 Å². The van der Waals surface area contributed by atoms with Gasteiger partial charge < -0.3 is 14.5 Å². The summed E-state index contributed by atoms with van der Waals surface area (Å²) in [6.07, 6.45) is 0.793. The Labute approximate surface area is 168 Å². The summed E-state index contributed by atoms with van der Waals surface area (Å²) in [5.74, 6) is 0.911. The lowest BCUT2D eigenvalue weighted by Crippen LogP contribution is -2.28. The number of thiophene rings is 1. The maximum atomic E-state index is 12.7. The zero-order valence-electron chi connectivity index (χ0n) is 16.0. The number of amides is 1. The minimum atomic E-state index is 0.0503. The first kappa shape index (κ1) is 19.6. The molecule has 0 aliphatic rings. The van der Waals surface area contributed by atoms with Crippen LogP contribution in [0.25, 0.3) is 9.53 Å². The van der Waals surface area contributed by atoms with E-state index in [1.807, 2.05) is 43.4 Å². The van der Waals surface area contributed by atoms with Crippen molar-refractivity contribution in [3.05, 3.63) is 41.3 Å². The fourth-order valence-electron chi connectivity index (χ4n) is 2.76. The summed E-state index contributed by atoms with van der Waals surface area (Å²) in [5.41, 5.74) is 0. The van der Waals surface area contributed by atoms with Gasteiger partial charge in [0.1, 0.15) is 10.6 Å². The number of hydrogen-bond acceptors (Lipinski definition) is 6. The molecule has 3 rings (SSSR count). The van der Waals surface area contributed by atoms with E-state index in [0.717, 1.165) is 44.8 Å². The topological polar surface area (TPSA) is 45.7 Å². The van der Waals surface area contributed by atoms with Gasteiger partial charge in [-0.3, -0.25) is 4.79 Å². The van der Waals surface area contributed by atoms with E-state index in [4.69, 9.17) is 9.72 Å². The number of aromatic nitrogens is 1. The molecule has 0 saturated carbocycles. The second kappa shape index (κ2) is 9.19. The predicted octanol–water partition coefficient (Wildman–Crippen LogP) is 4.75. The van der Waals surface area contributed by atoms with Crippen LogP contribution in [-0.4, -0.2) is 49.1 Å². The van der Waals surface area contributed by atoms with Crippen molar-refractivity contribution in [2.75, 3.05) is 38.2 Å². The summed E-state index contributed by atoms with van der Waals surface area (Å²) in [6.45, 7) is 7.40. The number of thiazole rings is 1. The van der Waals surface area contributed by atoms with E-state index < -0.39 is 0 Å². The maximum Gasteiger partial charge on any atom is 0.263 e. The minimum Gasteiger partial charge on any atom is -0.494 e. The van der Waals surface area contributed by atoms with Crippen molar-refractivity contribution >= 4 is 43.2 Å². The molecule has 2 heterocycles. The number of rotatable bonds is 9. The third-order valence-corrected chi connectivity index (χ3v) is 6.53. The van der Waals surface area contributed by atoms with Gasteiger partial charge in [0.2, 0.25) is 0 Å². The summed E-state index contributed by atoms with van der Waals surface area (Å²) in [6, 6.07) is 11.7. The van der Waals surface area contributed by atoms with Crippen LogP contribution in [0.2, 0.25) is 0 Å². The zero-order valence-corrected chi connectivity index (χ0v) is 17.6. The van der Waals surface area contributed by atoms with Gasteiger partial charge in [-0.2, -0.15) is 0 Å². The molecule has 0 N–H and O–H groups in total. The molecule has 0 aliphatic heterocycles. The van der Waals surface area contributed by atoms with Gasteiger partial charge in [-0.05, 0) is 38.5 Å². The van der Waals surface area contributed by atoms with Crippen LogP contribution in [-0.2, 0) is 0 Å². The molecule has 144 valence electrons. The molecule has 2 aromatic heterocycles. The highest BCUT2D eigenvalue weighted by atomic mass is 32.1. The third kappa shape index (κ3) is 4.78. The number of hydrogen-bond donors (Lipinski definition) is 0.